The minimum absolute atomic E-state index is 0.0858. The van der Waals surface area contributed by atoms with Gasteiger partial charge in [0.05, 0.1) is 19.7 Å². The lowest BCUT2D eigenvalue weighted by Gasteiger charge is -2.15. The normalized spacial score (nSPS) is 11.7. The molecule has 0 atom stereocenters. The van der Waals surface area contributed by atoms with Crippen molar-refractivity contribution in [3.8, 4) is 17.2 Å². The second-order valence-electron chi connectivity index (χ2n) is 7.69. The number of aryl methyl sites for hydroxylation is 1. The van der Waals surface area contributed by atoms with Crippen LogP contribution in [-0.2, 0) is 17.4 Å². The van der Waals surface area contributed by atoms with E-state index in [0.717, 1.165) is 45.8 Å². The van der Waals surface area contributed by atoms with Crippen molar-refractivity contribution in [2.45, 2.75) is 26.2 Å². The lowest BCUT2D eigenvalue weighted by Crippen LogP contribution is -2.00. The Morgan fingerprint density at radius 3 is 2.33 bits per heavy atom. The molecule has 0 aliphatic heterocycles. The maximum absolute atomic E-state index is 11.2. The predicted molar refractivity (Wildman–Crippen MR) is 126 cm³/mol. The fourth-order valence-electron chi connectivity index (χ4n) is 3.92. The van der Waals surface area contributed by atoms with Crippen LogP contribution in [0.3, 0.4) is 0 Å². The molecule has 33 heavy (non-hydrogen) atoms. The van der Waals surface area contributed by atoms with E-state index >= 15 is 0 Å². The maximum atomic E-state index is 11.2. The summed E-state index contributed by atoms with van der Waals surface area (Å²) in [6.07, 6.45) is 6.07. The lowest BCUT2D eigenvalue weighted by molar-refractivity contribution is 0.283. The number of hydrogen-bond acceptors (Lipinski definition) is 6. The average molecular weight is 468 g/mol. The molecule has 2 N–H and O–H groups in total. The number of benzene rings is 2. The number of hydrogen-bond donors (Lipinski definition) is 2. The van der Waals surface area contributed by atoms with Crippen molar-refractivity contribution in [1.29, 1.82) is 0 Å². The summed E-state index contributed by atoms with van der Waals surface area (Å²) in [4.78, 5) is 27.4. The minimum Gasteiger partial charge on any atom is -0.493 e. The first-order valence-electron chi connectivity index (χ1n) is 10.5. The molecule has 0 saturated heterocycles. The molecule has 0 amide bonds. The third-order valence-corrected chi connectivity index (χ3v) is 5.82. The molecule has 4 aromatic rings. The quantitative estimate of drug-likeness (QED) is 0.354. The van der Waals surface area contributed by atoms with Crippen LogP contribution in [0, 0.1) is 0 Å². The van der Waals surface area contributed by atoms with E-state index in [1.54, 1.807) is 32.5 Å². The Morgan fingerprint density at radius 1 is 0.939 bits per heavy atom. The number of methoxy groups -OCH3 is 2. The van der Waals surface area contributed by atoms with Gasteiger partial charge in [0.1, 0.15) is 5.75 Å². The van der Waals surface area contributed by atoms with Gasteiger partial charge in [0.2, 0.25) is 0 Å². The van der Waals surface area contributed by atoms with Crippen molar-refractivity contribution in [2.24, 2.45) is 0 Å². The van der Waals surface area contributed by atoms with Gasteiger partial charge in [-0.05, 0) is 59.3 Å². The fourth-order valence-corrected chi connectivity index (χ4v) is 4.31. The zero-order chi connectivity index (χ0) is 23.6. The summed E-state index contributed by atoms with van der Waals surface area (Å²) in [7, 11) is -1.41. The molecule has 0 fully saturated rings. The third-order valence-electron chi connectivity index (χ3n) is 5.37. The van der Waals surface area contributed by atoms with Crippen LogP contribution < -0.4 is 14.0 Å². The van der Waals surface area contributed by atoms with Crippen LogP contribution in [0.5, 0.6) is 17.2 Å². The predicted octanol–water partition coefficient (Wildman–Crippen LogP) is 4.82. The van der Waals surface area contributed by atoms with Crippen molar-refractivity contribution in [1.82, 2.24) is 9.97 Å². The largest absolute Gasteiger partial charge is 0.524 e. The molecule has 2 aromatic heterocycles. The lowest BCUT2D eigenvalue weighted by atomic mass is 9.97. The standard InChI is InChI=1S/C24H25N2O6P/c1-4-5-22-20-12-24(31-3)23(30-2)11-19(20)17(14-26-22)9-15-8-16-10-18(32-33(27,28)29)6-7-21(16)25-13-15/h6-8,10-14H,4-5,9H2,1-3H3,(H2,27,28,29). The topological polar surface area (TPSA) is 111 Å². The van der Waals surface area contributed by atoms with Crippen LogP contribution in [0.4, 0.5) is 0 Å². The van der Waals surface area contributed by atoms with Gasteiger partial charge in [-0.25, -0.2) is 4.57 Å². The first kappa shape index (κ1) is 23.0. The highest BCUT2D eigenvalue weighted by atomic mass is 31.2. The van der Waals surface area contributed by atoms with Gasteiger partial charge in [-0.3, -0.25) is 19.8 Å². The summed E-state index contributed by atoms with van der Waals surface area (Å²) >= 11 is 0. The Bertz CT molecular complexity index is 1370. The summed E-state index contributed by atoms with van der Waals surface area (Å²) in [5.41, 5.74) is 3.64. The molecular weight excluding hydrogens is 443 g/mol. The summed E-state index contributed by atoms with van der Waals surface area (Å²) in [5.74, 6) is 1.39. The Kier molecular flexibility index (Phi) is 6.51. The first-order valence-corrected chi connectivity index (χ1v) is 12.0. The van der Waals surface area contributed by atoms with E-state index in [1.165, 1.54) is 6.07 Å². The SMILES string of the molecule is CCCc1ncc(Cc2cnc3ccc(OP(=O)(O)O)cc3c2)c2cc(OC)c(OC)cc12. The molecule has 2 heterocycles. The first-order chi connectivity index (χ1) is 15.8. The number of rotatable bonds is 8. The van der Waals surface area contributed by atoms with Gasteiger partial charge >= 0.3 is 7.82 Å². The molecule has 0 aliphatic carbocycles. The monoisotopic (exact) mass is 468 g/mol. The van der Waals surface area contributed by atoms with E-state index in [2.05, 4.69) is 11.9 Å². The summed E-state index contributed by atoms with van der Waals surface area (Å²) in [6.45, 7) is 2.12. The molecule has 9 heteroatoms. The number of pyridine rings is 2. The van der Waals surface area contributed by atoms with Gasteiger partial charge in [0.25, 0.3) is 0 Å². The second kappa shape index (κ2) is 9.35. The fraction of sp³-hybridized carbons (Fsp3) is 0.250. The van der Waals surface area contributed by atoms with Crippen LogP contribution in [0.1, 0.15) is 30.2 Å². The van der Waals surface area contributed by atoms with Crippen molar-refractivity contribution in [3.05, 3.63) is 65.6 Å². The zero-order valence-corrected chi connectivity index (χ0v) is 19.5. The number of ether oxygens (including phenoxy) is 2. The third kappa shape index (κ3) is 5.09. The van der Waals surface area contributed by atoms with E-state index in [9.17, 15) is 4.57 Å². The summed E-state index contributed by atoms with van der Waals surface area (Å²) in [6, 6.07) is 10.6. The molecule has 4 rings (SSSR count). The van der Waals surface area contributed by atoms with Crippen LogP contribution >= 0.6 is 7.82 Å². The van der Waals surface area contributed by atoms with Crippen LogP contribution in [0.15, 0.2) is 48.8 Å². The molecule has 0 radical (unpaired) electrons. The van der Waals surface area contributed by atoms with E-state index < -0.39 is 7.82 Å². The Morgan fingerprint density at radius 2 is 1.67 bits per heavy atom. The number of phosphoric ester groups is 1. The molecule has 0 spiro atoms. The second-order valence-corrected chi connectivity index (χ2v) is 8.85. The average Bonchev–Trinajstić information content (AvgIpc) is 2.78. The summed E-state index contributed by atoms with van der Waals surface area (Å²) in [5, 5.41) is 2.78. The van der Waals surface area contributed by atoms with Gasteiger partial charge < -0.3 is 14.0 Å². The number of aromatic nitrogens is 2. The molecule has 0 bridgehead atoms. The van der Waals surface area contributed by atoms with Crippen molar-refractivity contribution in [3.63, 3.8) is 0 Å². The van der Waals surface area contributed by atoms with E-state index in [0.29, 0.717) is 23.4 Å². The van der Waals surface area contributed by atoms with Gasteiger partial charge in [0.15, 0.2) is 11.5 Å². The van der Waals surface area contributed by atoms with Crippen molar-refractivity contribution in [2.75, 3.05) is 14.2 Å². The number of phosphoric acid groups is 1. The number of nitrogens with zero attached hydrogens (tertiary/aromatic N) is 2. The van der Waals surface area contributed by atoms with E-state index in [-0.39, 0.29) is 5.75 Å². The minimum atomic E-state index is -4.64. The molecule has 0 unspecified atom stereocenters. The molecular formula is C24H25N2O6P. The zero-order valence-electron chi connectivity index (χ0n) is 18.6. The van der Waals surface area contributed by atoms with Crippen LogP contribution in [0.25, 0.3) is 21.7 Å². The van der Waals surface area contributed by atoms with E-state index in [1.807, 2.05) is 24.4 Å². The maximum Gasteiger partial charge on any atom is 0.524 e. The smallest absolute Gasteiger partial charge is 0.493 e. The van der Waals surface area contributed by atoms with Crippen molar-refractivity contribution >= 4 is 29.5 Å². The van der Waals surface area contributed by atoms with Gasteiger partial charge in [-0.15, -0.1) is 0 Å². The molecule has 172 valence electrons. The van der Waals surface area contributed by atoms with Gasteiger partial charge in [-0.2, -0.15) is 0 Å². The molecule has 2 aromatic carbocycles. The Labute approximate surface area is 191 Å². The van der Waals surface area contributed by atoms with Crippen LogP contribution in [-0.4, -0.2) is 34.0 Å². The van der Waals surface area contributed by atoms with Gasteiger partial charge in [-0.1, -0.05) is 13.3 Å². The molecule has 0 saturated carbocycles. The van der Waals surface area contributed by atoms with Gasteiger partial charge in [0, 0.05) is 35.3 Å². The highest BCUT2D eigenvalue weighted by Gasteiger charge is 2.17. The number of fused-ring (bicyclic) bond motifs is 2. The molecule has 8 nitrogen and oxygen atoms in total. The van der Waals surface area contributed by atoms with Crippen LogP contribution in [0.2, 0.25) is 0 Å². The Balaban J connectivity index is 1.77. The highest BCUT2D eigenvalue weighted by Crippen LogP contribution is 2.39. The Hall–Kier alpha value is -3.19. The highest BCUT2D eigenvalue weighted by molar-refractivity contribution is 7.46. The van der Waals surface area contributed by atoms with E-state index in [4.69, 9.17) is 28.8 Å². The molecule has 0 aliphatic rings. The summed E-state index contributed by atoms with van der Waals surface area (Å²) < 4.78 is 26.9. The van der Waals surface area contributed by atoms with Crippen molar-refractivity contribution < 1.29 is 28.3 Å².